The molecule has 0 unspecified atom stereocenters. The van der Waals surface area contributed by atoms with E-state index in [-0.39, 0.29) is 5.78 Å². The predicted molar refractivity (Wildman–Crippen MR) is 64.2 cm³/mol. The first-order chi connectivity index (χ1) is 7.63. The summed E-state index contributed by atoms with van der Waals surface area (Å²) in [6.45, 7) is 2.01. The fourth-order valence-electron chi connectivity index (χ4n) is 1.07. The van der Waals surface area contributed by atoms with Crippen LogP contribution in [-0.2, 0) is 9.53 Å². The maximum atomic E-state index is 11.6. The van der Waals surface area contributed by atoms with Crippen molar-refractivity contribution in [3.05, 3.63) is 46.5 Å². The zero-order valence-corrected chi connectivity index (χ0v) is 10.4. The molecule has 0 aliphatic carbocycles. The third kappa shape index (κ3) is 3.98. The summed E-state index contributed by atoms with van der Waals surface area (Å²) in [6.07, 6.45) is 2.34. The van der Waals surface area contributed by atoms with Crippen molar-refractivity contribution in [2.75, 3.05) is 6.61 Å². The van der Waals surface area contributed by atoms with Gasteiger partial charge in [0.2, 0.25) is 0 Å². The van der Waals surface area contributed by atoms with E-state index in [1.165, 1.54) is 6.08 Å². The van der Waals surface area contributed by atoms with Gasteiger partial charge in [-0.05, 0) is 25.1 Å². The number of benzene rings is 1. The molecule has 0 radical (unpaired) electrons. The number of rotatable bonds is 4. The molecule has 0 fully saturated rings. The Bertz CT molecular complexity index is 424. The number of esters is 1. The maximum Gasteiger partial charge on any atom is 0.330 e. The van der Waals surface area contributed by atoms with Crippen LogP contribution in [0, 0.1) is 0 Å². The van der Waals surface area contributed by atoms with Crippen LogP contribution >= 0.6 is 15.9 Å². The Balaban J connectivity index is 2.69. The molecular formula is C12H11BrO3. The number of ketones is 1. The lowest BCUT2D eigenvalue weighted by Gasteiger charge is -1.97. The van der Waals surface area contributed by atoms with E-state index in [0.717, 1.165) is 10.5 Å². The Labute approximate surface area is 102 Å². The van der Waals surface area contributed by atoms with E-state index in [1.807, 2.05) is 6.07 Å². The van der Waals surface area contributed by atoms with E-state index < -0.39 is 5.97 Å². The summed E-state index contributed by atoms with van der Waals surface area (Å²) in [6, 6.07) is 6.96. The van der Waals surface area contributed by atoms with Crippen LogP contribution in [0.15, 0.2) is 40.9 Å². The van der Waals surface area contributed by atoms with Gasteiger partial charge >= 0.3 is 5.97 Å². The summed E-state index contributed by atoms with van der Waals surface area (Å²) < 4.78 is 5.49. The minimum absolute atomic E-state index is 0.227. The Kier molecular flexibility index (Phi) is 4.92. The minimum Gasteiger partial charge on any atom is -0.463 e. The lowest BCUT2D eigenvalue weighted by atomic mass is 10.1. The molecule has 0 atom stereocenters. The zero-order valence-electron chi connectivity index (χ0n) is 8.77. The number of ether oxygens (including phenoxy) is 1. The number of carbonyl (C=O) groups is 2. The van der Waals surface area contributed by atoms with Gasteiger partial charge in [0.25, 0.3) is 0 Å². The summed E-state index contributed by atoms with van der Waals surface area (Å²) in [5.74, 6) is -0.736. The molecule has 4 heteroatoms. The van der Waals surface area contributed by atoms with Gasteiger partial charge in [0.15, 0.2) is 5.78 Å². The highest BCUT2D eigenvalue weighted by molar-refractivity contribution is 9.10. The van der Waals surface area contributed by atoms with E-state index in [2.05, 4.69) is 20.7 Å². The number of allylic oxidation sites excluding steroid dienone is 1. The van der Waals surface area contributed by atoms with Crippen molar-refractivity contribution in [2.24, 2.45) is 0 Å². The molecule has 1 aromatic carbocycles. The summed E-state index contributed by atoms with van der Waals surface area (Å²) in [5.41, 5.74) is 0.523. The van der Waals surface area contributed by atoms with E-state index in [4.69, 9.17) is 0 Å². The second-order valence-electron chi connectivity index (χ2n) is 2.96. The van der Waals surface area contributed by atoms with E-state index in [0.29, 0.717) is 12.2 Å². The maximum absolute atomic E-state index is 11.6. The third-order valence-electron chi connectivity index (χ3n) is 1.77. The van der Waals surface area contributed by atoms with Crippen LogP contribution in [0.2, 0.25) is 0 Å². The van der Waals surface area contributed by atoms with Crippen LogP contribution < -0.4 is 0 Å². The van der Waals surface area contributed by atoms with Gasteiger partial charge < -0.3 is 4.74 Å². The van der Waals surface area contributed by atoms with Crippen LogP contribution in [0.4, 0.5) is 0 Å². The lowest BCUT2D eigenvalue weighted by Crippen LogP contribution is -2.01. The Morgan fingerprint density at radius 3 is 2.75 bits per heavy atom. The fraction of sp³-hybridized carbons (Fsp3) is 0.167. The minimum atomic E-state index is -0.508. The Hall–Kier alpha value is -1.42. The van der Waals surface area contributed by atoms with Crippen molar-refractivity contribution in [1.82, 2.24) is 0 Å². The van der Waals surface area contributed by atoms with Gasteiger partial charge in [0, 0.05) is 16.1 Å². The first-order valence-electron chi connectivity index (χ1n) is 4.78. The highest BCUT2D eigenvalue weighted by Crippen LogP contribution is 2.12. The average molecular weight is 283 g/mol. The van der Waals surface area contributed by atoms with Crippen LogP contribution in [0.25, 0.3) is 0 Å². The van der Waals surface area contributed by atoms with Crippen molar-refractivity contribution in [3.63, 3.8) is 0 Å². The molecule has 3 nitrogen and oxygen atoms in total. The molecule has 0 heterocycles. The van der Waals surface area contributed by atoms with Crippen molar-refractivity contribution >= 4 is 27.7 Å². The summed E-state index contributed by atoms with van der Waals surface area (Å²) >= 11 is 3.27. The monoisotopic (exact) mass is 282 g/mol. The van der Waals surface area contributed by atoms with Crippen molar-refractivity contribution in [2.45, 2.75) is 6.92 Å². The van der Waals surface area contributed by atoms with E-state index >= 15 is 0 Å². The largest absolute Gasteiger partial charge is 0.463 e. The molecule has 0 amide bonds. The number of halogens is 1. The molecule has 0 aliphatic heterocycles. The zero-order chi connectivity index (χ0) is 12.0. The average Bonchev–Trinajstić information content (AvgIpc) is 2.26. The van der Waals surface area contributed by atoms with Gasteiger partial charge in [-0.1, -0.05) is 28.1 Å². The fourth-order valence-corrected chi connectivity index (χ4v) is 1.47. The molecule has 1 rings (SSSR count). The first-order valence-corrected chi connectivity index (χ1v) is 5.57. The Morgan fingerprint density at radius 1 is 1.38 bits per heavy atom. The van der Waals surface area contributed by atoms with Gasteiger partial charge in [0.05, 0.1) is 6.61 Å². The van der Waals surface area contributed by atoms with Crippen molar-refractivity contribution in [3.8, 4) is 0 Å². The molecule has 0 aromatic heterocycles. The molecule has 1 aromatic rings. The number of hydrogen-bond donors (Lipinski definition) is 0. The number of hydrogen-bond acceptors (Lipinski definition) is 3. The summed E-state index contributed by atoms with van der Waals surface area (Å²) in [7, 11) is 0. The molecular weight excluding hydrogens is 272 g/mol. The molecule has 0 aliphatic rings. The normalized spacial score (nSPS) is 10.4. The smallest absolute Gasteiger partial charge is 0.330 e. The first kappa shape index (κ1) is 12.6. The summed E-state index contributed by atoms with van der Waals surface area (Å²) in [5, 5.41) is 0. The third-order valence-corrected chi connectivity index (χ3v) is 2.26. The van der Waals surface area contributed by atoms with E-state index in [1.54, 1.807) is 25.1 Å². The molecule has 0 saturated carbocycles. The van der Waals surface area contributed by atoms with Crippen LogP contribution in [0.3, 0.4) is 0 Å². The topological polar surface area (TPSA) is 43.4 Å². The lowest BCUT2D eigenvalue weighted by molar-refractivity contribution is -0.137. The standard InChI is InChI=1S/C12H11BrO3/c1-2-16-12(15)7-6-11(14)9-4-3-5-10(13)8-9/h3-8H,2H2,1H3/b7-6+. The summed E-state index contributed by atoms with van der Waals surface area (Å²) in [4.78, 5) is 22.6. The van der Waals surface area contributed by atoms with Crippen molar-refractivity contribution < 1.29 is 14.3 Å². The molecule has 0 saturated heterocycles. The number of carbonyl (C=O) groups excluding carboxylic acids is 2. The second kappa shape index (κ2) is 6.23. The van der Waals surface area contributed by atoms with Crippen LogP contribution in [-0.4, -0.2) is 18.4 Å². The second-order valence-corrected chi connectivity index (χ2v) is 3.88. The van der Waals surface area contributed by atoms with E-state index in [9.17, 15) is 9.59 Å². The predicted octanol–water partition coefficient (Wildman–Crippen LogP) is 2.75. The Morgan fingerprint density at radius 2 is 2.12 bits per heavy atom. The SMILES string of the molecule is CCOC(=O)/C=C/C(=O)c1cccc(Br)c1. The van der Waals surface area contributed by atoms with Gasteiger partial charge in [-0.2, -0.15) is 0 Å². The highest BCUT2D eigenvalue weighted by atomic mass is 79.9. The van der Waals surface area contributed by atoms with Crippen LogP contribution in [0.1, 0.15) is 17.3 Å². The molecule has 0 bridgehead atoms. The van der Waals surface area contributed by atoms with Gasteiger partial charge in [-0.3, -0.25) is 4.79 Å². The molecule has 0 spiro atoms. The van der Waals surface area contributed by atoms with Gasteiger partial charge in [-0.15, -0.1) is 0 Å². The quantitative estimate of drug-likeness (QED) is 0.485. The van der Waals surface area contributed by atoms with Gasteiger partial charge in [-0.25, -0.2) is 4.79 Å². The molecule has 16 heavy (non-hydrogen) atoms. The highest BCUT2D eigenvalue weighted by Gasteiger charge is 2.03. The van der Waals surface area contributed by atoms with Crippen LogP contribution in [0.5, 0.6) is 0 Å². The molecule has 84 valence electrons. The van der Waals surface area contributed by atoms with Crippen molar-refractivity contribution in [1.29, 1.82) is 0 Å². The van der Waals surface area contributed by atoms with Gasteiger partial charge in [0.1, 0.15) is 0 Å². The molecule has 0 N–H and O–H groups in total.